The largest absolute Gasteiger partial charge is 0.381 e. The van der Waals surface area contributed by atoms with Crippen LogP contribution in [-0.4, -0.2) is 44.3 Å². The molecule has 2 heterocycles. The molecule has 21 heavy (non-hydrogen) atoms. The van der Waals surface area contributed by atoms with E-state index in [0.717, 1.165) is 52.2 Å². The highest BCUT2D eigenvalue weighted by atomic mass is 35.5. The van der Waals surface area contributed by atoms with E-state index in [1.54, 1.807) is 12.1 Å². The van der Waals surface area contributed by atoms with Gasteiger partial charge >= 0.3 is 0 Å². The lowest BCUT2D eigenvalue weighted by molar-refractivity contribution is 0.0203. The fourth-order valence-corrected chi connectivity index (χ4v) is 3.78. The van der Waals surface area contributed by atoms with E-state index >= 15 is 0 Å². The molecule has 1 aromatic carbocycles. The van der Waals surface area contributed by atoms with Gasteiger partial charge in [0.15, 0.2) is 0 Å². The number of nitrogens with zero attached hydrogens (tertiary/aromatic N) is 1. The van der Waals surface area contributed by atoms with E-state index in [0.29, 0.717) is 16.5 Å². The third-order valence-electron chi connectivity index (χ3n) is 4.55. The molecule has 2 fully saturated rings. The quantitative estimate of drug-likeness (QED) is 0.929. The van der Waals surface area contributed by atoms with Crippen LogP contribution in [0.3, 0.4) is 0 Å². The molecule has 116 valence electrons. The van der Waals surface area contributed by atoms with Crippen molar-refractivity contribution in [2.24, 2.45) is 5.92 Å². The SMILES string of the molecule is Fc1cccc(Cl)c1[C@H](C1CCOCC1)N1CCNCC1. The van der Waals surface area contributed by atoms with Crippen LogP contribution in [0.15, 0.2) is 18.2 Å². The van der Waals surface area contributed by atoms with Crippen LogP contribution in [0.5, 0.6) is 0 Å². The van der Waals surface area contributed by atoms with Crippen molar-refractivity contribution in [2.45, 2.75) is 18.9 Å². The normalized spacial score (nSPS) is 23.1. The first-order valence-electron chi connectivity index (χ1n) is 7.74. The summed E-state index contributed by atoms with van der Waals surface area (Å²) in [5, 5.41) is 3.91. The Morgan fingerprint density at radius 3 is 2.62 bits per heavy atom. The molecule has 0 unspecified atom stereocenters. The zero-order chi connectivity index (χ0) is 14.7. The smallest absolute Gasteiger partial charge is 0.129 e. The Labute approximate surface area is 130 Å². The van der Waals surface area contributed by atoms with Gasteiger partial charge in [-0.3, -0.25) is 4.90 Å². The van der Waals surface area contributed by atoms with E-state index in [2.05, 4.69) is 10.2 Å². The number of benzene rings is 1. The summed E-state index contributed by atoms with van der Waals surface area (Å²) in [5.41, 5.74) is 0.674. The van der Waals surface area contributed by atoms with Crippen molar-refractivity contribution >= 4 is 11.6 Å². The Morgan fingerprint density at radius 2 is 1.95 bits per heavy atom. The van der Waals surface area contributed by atoms with Crippen LogP contribution < -0.4 is 5.32 Å². The van der Waals surface area contributed by atoms with Gasteiger partial charge in [-0.2, -0.15) is 0 Å². The molecular weight excluding hydrogens is 291 g/mol. The Morgan fingerprint density at radius 1 is 1.24 bits per heavy atom. The second-order valence-electron chi connectivity index (χ2n) is 5.82. The van der Waals surface area contributed by atoms with E-state index in [4.69, 9.17) is 16.3 Å². The van der Waals surface area contributed by atoms with E-state index in [1.807, 2.05) is 0 Å². The number of piperazine rings is 1. The molecule has 0 bridgehead atoms. The number of hydrogen-bond acceptors (Lipinski definition) is 3. The van der Waals surface area contributed by atoms with E-state index < -0.39 is 0 Å². The number of hydrogen-bond donors (Lipinski definition) is 1. The van der Waals surface area contributed by atoms with E-state index in [-0.39, 0.29) is 11.9 Å². The van der Waals surface area contributed by atoms with Gasteiger partial charge < -0.3 is 10.1 Å². The molecule has 0 amide bonds. The lowest BCUT2D eigenvalue weighted by atomic mass is 9.85. The van der Waals surface area contributed by atoms with Gasteiger partial charge in [-0.25, -0.2) is 4.39 Å². The molecule has 3 rings (SSSR count). The van der Waals surface area contributed by atoms with Crippen LogP contribution in [0.1, 0.15) is 24.4 Å². The number of rotatable bonds is 3. The van der Waals surface area contributed by atoms with Crippen LogP contribution in [0.4, 0.5) is 4.39 Å². The van der Waals surface area contributed by atoms with Gasteiger partial charge in [0.05, 0.1) is 0 Å². The van der Waals surface area contributed by atoms with Crippen LogP contribution in [-0.2, 0) is 4.74 Å². The van der Waals surface area contributed by atoms with Gasteiger partial charge in [-0.15, -0.1) is 0 Å². The fraction of sp³-hybridized carbons (Fsp3) is 0.625. The van der Waals surface area contributed by atoms with E-state index in [1.165, 1.54) is 6.07 Å². The maximum absolute atomic E-state index is 14.5. The summed E-state index contributed by atoms with van der Waals surface area (Å²) in [6.45, 7) is 5.30. The minimum absolute atomic E-state index is 0.0599. The lowest BCUT2D eigenvalue weighted by Gasteiger charge is -2.41. The third kappa shape index (κ3) is 3.39. The first-order chi connectivity index (χ1) is 10.3. The topological polar surface area (TPSA) is 24.5 Å². The summed E-state index contributed by atoms with van der Waals surface area (Å²) in [6.07, 6.45) is 1.94. The van der Waals surface area contributed by atoms with Crippen LogP contribution in [0, 0.1) is 11.7 Å². The highest BCUT2D eigenvalue weighted by Gasteiger charge is 2.34. The van der Waals surface area contributed by atoms with Crippen molar-refractivity contribution in [1.82, 2.24) is 10.2 Å². The highest BCUT2D eigenvalue weighted by Crippen LogP contribution is 2.39. The summed E-state index contributed by atoms with van der Waals surface area (Å²) in [6, 6.07) is 5.06. The molecule has 0 radical (unpaired) electrons. The average Bonchev–Trinajstić information content (AvgIpc) is 2.53. The van der Waals surface area contributed by atoms with Crippen molar-refractivity contribution in [3.63, 3.8) is 0 Å². The molecule has 0 aliphatic carbocycles. The summed E-state index contributed by atoms with van der Waals surface area (Å²) in [5.74, 6) is 0.226. The molecule has 0 saturated carbocycles. The molecule has 2 aliphatic heterocycles. The molecule has 1 N–H and O–H groups in total. The van der Waals surface area contributed by atoms with Gasteiger partial charge in [0.25, 0.3) is 0 Å². The first-order valence-corrected chi connectivity index (χ1v) is 8.11. The Balaban J connectivity index is 1.94. The summed E-state index contributed by atoms with van der Waals surface area (Å²) < 4.78 is 19.9. The maximum Gasteiger partial charge on any atom is 0.129 e. The molecule has 1 atom stereocenters. The minimum Gasteiger partial charge on any atom is -0.381 e. The summed E-state index contributed by atoms with van der Waals surface area (Å²) in [4.78, 5) is 2.39. The first kappa shape index (κ1) is 15.2. The predicted octanol–water partition coefficient (Wildman–Crippen LogP) is 2.85. The standard InChI is InChI=1S/C16H22ClFN2O/c17-13-2-1-3-14(18)15(13)16(12-4-10-21-11-5-12)20-8-6-19-7-9-20/h1-3,12,16,19H,4-11H2/t16-/m0/s1. The van der Waals surface area contributed by atoms with Crippen molar-refractivity contribution in [3.8, 4) is 0 Å². The van der Waals surface area contributed by atoms with Gasteiger partial charge in [0, 0.05) is 56.0 Å². The number of halogens is 2. The zero-order valence-electron chi connectivity index (χ0n) is 12.2. The molecule has 5 heteroatoms. The number of ether oxygens (including phenoxy) is 1. The second-order valence-corrected chi connectivity index (χ2v) is 6.22. The molecule has 0 aromatic heterocycles. The molecule has 1 aromatic rings. The molecule has 2 aliphatic rings. The Kier molecular flexibility index (Phi) is 5.11. The lowest BCUT2D eigenvalue weighted by Crippen LogP contribution is -2.47. The molecule has 2 saturated heterocycles. The summed E-state index contributed by atoms with van der Waals surface area (Å²) >= 11 is 6.35. The zero-order valence-corrected chi connectivity index (χ0v) is 12.9. The van der Waals surface area contributed by atoms with Gasteiger partial charge in [0.2, 0.25) is 0 Å². The van der Waals surface area contributed by atoms with Gasteiger partial charge in [-0.1, -0.05) is 17.7 Å². The van der Waals surface area contributed by atoms with Crippen LogP contribution in [0.25, 0.3) is 0 Å². The van der Waals surface area contributed by atoms with Crippen molar-refractivity contribution in [2.75, 3.05) is 39.4 Å². The van der Waals surface area contributed by atoms with Crippen LogP contribution >= 0.6 is 11.6 Å². The number of nitrogens with one attached hydrogen (secondary N) is 1. The monoisotopic (exact) mass is 312 g/mol. The second kappa shape index (κ2) is 7.05. The van der Waals surface area contributed by atoms with Crippen molar-refractivity contribution in [3.05, 3.63) is 34.6 Å². The summed E-state index contributed by atoms with van der Waals surface area (Å²) in [7, 11) is 0. The fourth-order valence-electron chi connectivity index (χ4n) is 3.50. The van der Waals surface area contributed by atoms with Gasteiger partial charge in [0.1, 0.15) is 5.82 Å². The molecule has 0 spiro atoms. The Hall–Kier alpha value is -0.680. The van der Waals surface area contributed by atoms with Crippen molar-refractivity contribution < 1.29 is 9.13 Å². The Bertz CT molecular complexity index is 435. The highest BCUT2D eigenvalue weighted by molar-refractivity contribution is 6.31. The van der Waals surface area contributed by atoms with Crippen LogP contribution in [0.2, 0.25) is 5.02 Å². The third-order valence-corrected chi connectivity index (χ3v) is 4.88. The maximum atomic E-state index is 14.5. The van der Waals surface area contributed by atoms with Gasteiger partial charge in [-0.05, 0) is 30.9 Å². The van der Waals surface area contributed by atoms with Crippen molar-refractivity contribution in [1.29, 1.82) is 0 Å². The predicted molar refractivity (Wildman–Crippen MR) is 82.1 cm³/mol. The molecular formula is C16H22ClFN2O. The van der Waals surface area contributed by atoms with E-state index in [9.17, 15) is 4.39 Å². The average molecular weight is 313 g/mol. The molecule has 3 nitrogen and oxygen atoms in total. The minimum atomic E-state index is -0.183.